The van der Waals surface area contributed by atoms with Gasteiger partial charge in [-0.25, -0.2) is 0 Å². The molecule has 0 N–H and O–H groups in total. The Labute approximate surface area is 148 Å². The lowest BCUT2D eigenvalue weighted by Gasteiger charge is -2.38. The predicted molar refractivity (Wildman–Crippen MR) is 97.2 cm³/mol. The maximum absolute atomic E-state index is 13.6. The number of likely N-dealkylation sites (N-methyl/N-ethyl adjacent to an activating group) is 1. The van der Waals surface area contributed by atoms with Crippen molar-refractivity contribution < 1.29 is 9.59 Å². The van der Waals surface area contributed by atoms with Crippen molar-refractivity contribution >= 4 is 17.5 Å². The van der Waals surface area contributed by atoms with Crippen LogP contribution in [0.5, 0.6) is 0 Å². The molecule has 0 radical (unpaired) electrons. The lowest BCUT2D eigenvalue weighted by Crippen LogP contribution is -2.55. The number of likely N-dealkylation sites (tertiary alicyclic amines) is 1. The van der Waals surface area contributed by atoms with Gasteiger partial charge in [-0.1, -0.05) is 62.4 Å². The molecule has 2 heterocycles. The monoisotopic (exact) mass is 334 g/mol. The third-order valence-electron chi connectivity index (χ3n) is 5.65. The van der Waals surface area contributed by atoms with E-state index in [4.69, 9.17) is 0 Å². The van der Waals surface area contributed by atoms with Crippen LogP contribution in [0.2, 0.25) is 0 Å². The van der Waals surface area contributed by atoms with Crippen LogP contribution >= 0.6 is 0 Å². The van der Waals surface area contributed by atoms with Gasteiger partial charge in [0, 0.05) is 30.3 Å². The van der Waals surface area contributed by atoms with Crippen LogP contribution in [0.25, 0.3) is 0 Å². The molecule has 4 heteroatoms. The Balaban J connectivity index is 2.03. The molecule has 4 rings (SSSR count). The first kappa shape index (κ1) is 15.9. The van der Waals surface area contributed by atoms with Crippen molar-refractivity contribution in [1.29, 1.82) is 0 Å². The number of carbonyl (C=O) groups excluding carboxylic acids is 2. The Morgan fingerprint density at radius 1 is 0.880 bits per heavy atom. The van der Waals surface area contributed by atoms with Crippen LogP contribution in [0.15, 0.2) is 54.6 Å². The molecule has 0 saturated carbocycles. The number of anilines is 1. The van der Waals surface area contributed by atoms with E-state index in [0.29, 0.717) is 6.54 Å². The van der Waals surface area contributed by atoms with Crippen LogP contribution in [-0.2, 0) is 15.1 Å². The van der Waals surface area contributed by atoms with Crippen molar-refractivity contribution in [2.75, 3.05) is 18.5 Å². The molecule has 0 bridgehead atoms. The highest BCUT2D eigenvalue weighted by atomic mass is 16.2. The van der Waals surface area contributed by atoms with E-state index in [1.54, 1.807) is 16.8 Å². The van der Waals surface area contributed by atoms with E-state index < -0.39 is 11.0 Å². The van der Waals surface area contributed by atoms with Crippen molar-refractivity contribution in [3.63, 3.8) is 0 Å². The first-order valence-corrected chi connectivity index (χ1v) is 8.66. The van der Waals surface area contributed by atoms with Gasteiger partial charge in [0.15, 0.2) is 5.54 Å². The summed E-state index contributed by atoms with van der Waals surface area (Å²) in [6.07, 6.45) is 0.750. The Hall–Kier alpha value is -2.62. The number of hydrogen-bond acceptors (Lipinski definition) is 2. The second-order valence-electron chi connectivity index (χ2n) is 7.55. The average Bonchev–Trinajstić information content (AvgIpc) is 3.02. The molecule has 128 valence electrons. The Morgan fingerprint density at radius 2 is 1.52 bits per heavy atom. The van der Waals surface area contributed by atoms with Crippen LogP contribution in [0.4, 0.5) is 5.69 Å². The number of nitrogens with zero attached hydrogens (tertiary/aromatic N) is 2. The molecule has 2 aliphatic heterocycles. The first-order chi connectivity index (χ1) is 11.9. The highest BCUT2D eigenvalue weighted by Crippen LogP contribution is 2.51. The topological polar surface area (TPSA) is 40.6 Å². The molecule has 2 aromatic rings. The molecule has 1 fully saturated rings. The average molecular weight is 334 g/mol. The number of carbonyl (C=O) groups is 2. The molecule has 0 aliphatic carbocycles. The van der Waals surface area contributed by atoms with Gasteiger partial charge in [0.2, 0.25) is 5.91 Å². The molecule has 1 saturated heterocycles. The van der Waals surface area contributed by atoms with Gasteiger partial charge in [-0.2, -0.15) is 0 Å². The van der Waals surface area contributed by atoms with Crippen LogP contribution in [0.1, 0.15) is 31.4 Å². The highest BCUT2D eigenvalue weighted by molar-refractivity contribution is 6.12. The van der Waals surface area contributed by atoms with Crippen molar-refractivity contribution in [2.24, 2.45) is 5.41 Å². The summed E-state index contributed by atoms with van der Waals surface area (Å²) in [7, 11) is 1.79. The number of para-hydroxylation sites is 1. The molecule has 25 heavy (non-hydrogen) atoms. The van der Waals surface area contributed by atoms with E-state index in [2.05, 4.69) is 0 Å². The van der Waals surface area contributed by atoms with Gasteiger partial charge >= 0.3 is 0 Å². The first-order valence-electron chi connectivity index (χ1n) is 8.66. The number of amides is 2. The fourth-order valence-electron chi connectivity index (χ4n) is 4.20. The summed E-state index contributed by atoms with van der Waals surface area (Å²) in [6, 6.07) is 17.5. The summed E-state index contributed by atoms with van der Waals surface area (Å²) < 4.78 is 0. The second kappa shape index (κ2) is 5.19. The second-order valence-corrected chi connectivity index (χ2v) is 7.55. The summed E-state index contributed by atoms with van der Waals surface area (Å²) in [5, 5.41) is 0. The van der Waals surface area contributed by atoms with Gasteiger partial charge in [-0.05, 0) is 18.1 Å². The Kier molecular flexibility index (Phi) is 3.29. The quantitative estimate of drug-likeness (QED) is 0.846. The predicted octanol–water partition coefficient (Wildman–Crippen LogP) is 3.17. The zero-order chi connectivity index (χ0) is 17.8. The molecule has 4 nitrogen and oxygen atoms in total. The van der Waals surface area contributed by atoms with Crippen molar-refractivity contribution in [3.05, 3.63) is 65.7 Å². The third kappa shape index (κ3) is 1.94. The van der Waals surface area contributed by atoms with Gasteiger partial charge in [-0.15, -0.1) is 0 Å². The molecule has 2 aromatic carbocycles. The van der Waals surface area contributed by atoms with Crippen molar-refractivity contribution in [3.8, 4) is 0 Å². The van der Waals surface area contributed by atoms with Gasteiger partial charge in [0.1, 0.15) is 0 Å². The maximum atomic E-state index is 13.6. The minimum absolute atomic E-state index is 0.0369. The zero-order valence-electron chi connectivity index (χ0n) is 14.8. The molecule has 2 aliphatic rings. The largest absolute Gasteiger partial charge is 0.320 e. The zero-order valence-corrected chi connectivity index (χ0v) is 14.8. The maximum Gasteiger partial charge on any atom is 0.262 e. The van der Waals surface area contributed by atoms with E-state index in [-0.39, 0.29) is 11.8 Å². The molecule has 1 atom stereocenters. The smallest absolute Gasteiger partial charge is 0.262 e. The minimum Gasteiger partial charge on any atom is -0.320 e. The number of rotatable bonds is 2. The molecule has 2 amide bonds. The molecule has 0 aromatic heterocycles. The summed E-state index contributed by atoms with van der Waals surface area (Å²) in [5.74, 6) is -0.0271. The van der Waals surface area contributed by atoms with E-state index in [1.807, 2.05) is 68.4 Å². The van der Waals surface area contributed by atoms with Crippen LogP contribution in [0.3, 0.4) is 0 Å². The number of hydrogen-bond donors (Lipinski definition) is 0. The Bertz CT molecular complexity index is 859. The highest BCUT2D eigenvalue weighted by Gasteiger charge is 2.59. The molecular formula is C21H22N2O2. The summed E-state index contributed by atoms with van der Waals surface area (Å²) in [6.45, 7) is 4.50. The van der Waals surface area contributed by atoms with Crippen molar-refractivity contribution in [1.82, 2.24) is 4.90 Å². The summed E-state index contributed by atoms with van der Waals surface area (Å²) >= 11 is 0. The van der Waals surface area contributed by atoms with Crippen LogP contribution < -0.4 is 4.90 Å². The molecule has 1 unspecified atom stereocenters. The van der Waals surface area contributed by atoms with Gasteiger partial charge in [0.25, 0.3) is 5.91 Å². The normalized spacial score (nSPS) is 24.8. The van der Waals surface area contributed by atoms with E-state index in [1.165, 1.54) is 0 Å². The molecule has 0 spiro atoms. The SMILES string of the molecule is CN1C(=O)C(c2ccccc2)(N2CCC(C)(C)C2=O)c2ccccc21. The van der Waals surface area contributed by atoms with Crippen molar-refractivity contribution in [2.45, 2.75) is 25.8 Å². The fourth-order valence-corrected chi connectivity index (χ4v) is 4.20. The Morgan fingerprint density at radius 3 is 2.16 bits per heavy atom. The fraction of sp³-hybridized carbons (Fsp3) is 0.333. The van der Waals surface area contributed by atoms with E-state index in [0.717, 1.165) is 23.2 Å². The summed E-state index contributed by atoms with van der Waals surface area (Å²) in [4.78, 5) is 30.3. The summed E-state index contributed by atoms with van der Waals surface area (Å²) in [5.41, 5.74) is 1.09. The van der Waals surface area contributed by atoms with E-state index in [9.17, 15) is 9.59 Å². The van der Waals surface area contributed by atoms with Gasteiger partial charge in [0.05, 0.1) is 0 Å². The van der Waals surface area contributed by atoms with Crippen LogP contribution in [0, 0.1) is 5.41 Å². The van der Waals surface area contributed by atoms with Gasteiger partial charge < -0.3 is 9.80 Å². The third-order valence-corrected chi connectivity index (χ3v) is 5.65. The standard InChI is InChI=1S/C21H22N2O2/c1-20(2)13-14-23(18(20)24)21(15-9-5-4-6-10-15)16-11-7-8-12-17(16)22(3)19(21)25/h4-12H,13-14H2,1-3H3. The lowest BCUT2D eigenvalue weighted by molar-refractivity contribution is -0.144. The van der Waals surface area contributed by atoms with E-state index >= 15 is 0 Å². The van der Waals surface area contributed by atoms with Crippen LogP contribution in [-0.4, -0.2) is 30.3 Å². The van der Waals surface area contributed by atoms with Gasteiger partial charge in [-0.3, -0.25) is 9.59 Å². The lowest BCUT2D eigenvalue weighted by atomic mass is 9.81. The number of benzene rings is 2. The number of fused-ring (bicyclic) bond motifs is 1. The molecular weight excluding hydrogens is 312 g/mol. The minimum atomic E-state index is -1.07.